The fourth-order valence-electron chi connectivity index (χ4n) is 1.78. The third-order valence-electron chi connectivity index (χ3n) is 2.73. The molecule has 16 heavy (non-hydrogen) atoms. The highest BCUT2D eigenvalue weighted by Gasteiger charge is 2.02. The van der Waals surface area contributed by atoms with E-state index in [4.69, 9.17) is 4.74 Å². The van der Waals surface area contributed by atoms with Crippen molar-refractivity contribution in [3.63, 3.8) is 0 Å². The Bertz CT molecular complexity index is 335. The summed E-state index contributed by atoms with van der Waals surface area (Å²) < 4.78 is 5.27. The number of nitrogens with zero attached hydrogens (tertiary/aromatic N) is 1. The van der Waals surface area contributed by atoms with E-state index < -0.39 is 0 Å². The molecule has 0 bridgehead atoms. The third-order valence-corrected chi connectivity index (χ3v) is 2.73. The van der Waals surface area contributed by atoms with Crippen LogP contribution in [0, 0.1) is 0 Å². The van der Waals surface area contributed by atoms with Gasteiger partial charge in [-0.25, -0.2) is 0 Å². The van der Waals surface area contributed by atoms with E-state index in [9.17, 15) is 0 Å². The fourth-order valence-corrected chi connectivity index (χ4v) is 1.78. The fraction of sp³-hybridized carbons (Fsp3) is 0.462. The van der Waals surface area contributed by atoms with Crippen LogP contribution in [-0.4, -0.2) is 24.7 Å². The van der Waals surface area contributed by atoms with Crippen LogP contribution in [0.1, 0.15) is 18.4 Å². The number of hydrogen-bond donors (Lipinski definition) is 1. The standard InChI is InChI=1S/C13H18N2O/c1-2-13(10-14-6-1)11-15-7-3-12-4-8-16-9-5-12/h1-2,4,6,10,15H,3,5,7-9,11H2. The second kappa shape index (κ2) is 6.40. The first-order chi connectivity index (χ1) is 7.95. The van der Waals surface area contributed by atoms with Crippen LogP contribution in [0.2, 0.25) is 0 Å². The third kappa shape index (κ3) is 3.76. The van der Waals surface area contributed by atoms with Gasteiger partial charge in [-0.3, -0.25) is 4.98 Å². The van der Waals surface area contributed by atoms with Crippen LogP contribution in [0.4, 0.5) is 0 Å². The van der Waals surface area contributed by atoms with Gasteiger partial charge in [0.15, 0.2) is 0 Å². The number of hydrogen-bond acceptors (Lipinski definition) is 3. The maximum absolute atomic E-state index is 5.27. The van der Waals surface area contributed by atoms with Gasteiger partial charge in [0.2, 0.25) is 0 Å². The molecule has 2 heterocycles. The van der Waals surface area contributed by atoms with E-state index in [2.05, 4.69) is 22.4 Å². The summed E-state index contributed by atoms with van der Waals surface area (Å²) in [6.07, 6.45) is 8.13. The molecule has 0 saturated heterocycles. The van der Waals surface area contributed by atoms with E-state index >= 15 is 0 Å². The number of nitrogens with one attached hydrogen (secondary N) is 1. The molecule has 1 aromatic rings. The normalized spacial score (nSPS) is 15.9. The summed E-state index contributed by atoms with van der Waals surface area (Å²) in [7, 11) is 0. The zero-order valence-electron chi connectivity index (χ0n) is 9.48. The van der Waals surface area contributed by atoms with Crippen molar-refractivity contribution >= 4 is 0 Å². The highest BCUT2D eigenvalue weighted by molar-refractivity contribution is 5.08. The predicted molar refractivity (Wildman–Crippen MR) is 64.1 cm³/mol. The monoisotopic (exact) mass is 218 g/mol. The largest absolute Gasteiger partial charge is 0.377 e. The van der Waals surface area contributed by atoms with E-state index in [1.807, 2.05) is 12.3 Å². The van der Waals surface area contributed by atoms with Gasteiger partial charge in [0.1, 0.15) is 0 Å². The SMILES string of the molecule is C1=C(CCNCc2cccnc2)CCOC1. The Labute approximate surface area is 96.5 Å². The number of pyridine rings is 1. The van der Waals surface area contributed by atoms with Gasteiger partial charge >= 0.3 is 0 Å². The Hall–Kier alpha value is -1.19. The summed E-state index contributed by atoms with van der Waals surface area (Å²) in [6, 6.07) is 4.06. The molecule has 1 aliphatic heterocycles. The van der Waals surface area contributed by atoms with Crippen molar-refractivity contribution < 1.29 is 4.74 Å². The van der Waals surface area contributed by atoms with Crippen molar-refractivity contribution in [2.24, 2.45) is 0 Å². The van der Waals surface area contributed by atoms with Crippen molar-refractivity contribution in [2.45, 2.75) is 19.4 Å². The van der Waals surface area contributed by atoms with Crippen molar-refractivity contribution in [3.8, 4) is 0 Å². The summed E-state index contributed by atoms with van der Waals surface area (Å²) in [5.41, 5.74) is 2.76. The molecule has 3 heteroatoms. The molecule has 0 aliphatic carbocycles. The quantitative estimate of drug-likeness (QED) is 0.605. The highest BCUT2D eigenvalue weighted by atomic mass is 16.5. The summed E-state index contributed by atoms with van der Waals surface area (Å²) in [4.78, 5) is 4.09. The maximum Gasteiger partial charge on any atom is 0.0650 e. The van der Waals surface area contributed by atoms with Crippen LogP contribution in [0.5, 0.6) is 0 Å². The van der Waals surface area contributed by atoms with Crippen molar-refractivity contribution in [1.29, 1.82) is 0 Å². The second-order valence-corrected chi connectivity index (χ2v) is 3.98. The second-order valence-electron chi connectivity index (χ2n) is 3.98. The minimum absolute atomic E-state index is 0.790. The Morgan fingerprint density at radius 2 is 2.44 bits per heavy atom. The average molecular weight is 218 g/mol. The predicted octanol–water partition coefficient (Wildman–Crippen LogP) is 1.91. The van der Waals surface area contributed by atoms with Gasteiger partial charge in [-0.1, -0.05) is 17.7 Å². The molecule has 0 unspecified atom stereocenters. The molecule has 0 fully saturated rings. The summed E-state index contributed by atoms with van der Waals surface area (Å²) in [5.74, 6) is 0. The lowest BCUT2D eigenvalue weighted by Gasteiger charge is -2.13. The molecule has 0 atom stereocenters. The molecule has 0 aromatic carbocycles. The number of aromatic nitrogens is 1. The summed E-state index contributed by atoms with van der Waals surface area (Å²) in [5, 5.41) is 3.43. The van der Waals surface area contributed by atoms with E-state index in [0.717, 1.165) is 39.1 Å². The van der Waals surface area contributed by atoms with Crippen LogP contribution in [0.25, 0.3) is 0 Å². The van der Waals surface area contributed by atoms with Gasteiger partial charge < -0.3 is 10.1 Å². The van der Waals surface area contributed by atoms with E-state index in [0.29, 0.717) is 0 Å². The zero-order chi connectivity index (χ0) is 11.1. The molecule has 1 aromatic heterocycles. The molecule has 0 radical (unpaired) electrons. The lowest BCUT2D eigenvalue weighted by molar-refractivity contribution is 0.153. The molecule has 86 valence electrons. The Balaban J connectivity index is 1.63. The molecule has 0 saturated carbocycles. The Kier molecular flexibility index (Phi) is 4.52. The number of ether oxygens (including phenoxy) is 1. The number of rotatable bonds is 5. The van der Waals surface area contributed by atoms with E-state index in [1.165, 1.54) is 11.1 Å². The van der Waals surface area contributed by atoms with Crippen LogP contribution in [0.15, 0.2) is 36.2 Å². The van der Waals surface area contributed by atoms with E-state index in [1.54, 1.807) is 6.20 Å². The average Bonchev–Trinajstić information content (AvgIpc) is 2.37. The van der Waals surface area contributed by atoms with Gasteiger partial charge in [-0.05, 0) is 31.0 Å². The minimum atomic E-state index is 0.790. The van der Waals surface area contributed by atoms with Gasteiger partial charge in [0.25, 0.3) is 0 Å². The first kappa shape index (κ1) is 11.3. The molecule has 3 nitrogen and oxygen atoms in total. The Morgan fingerprint density at radius 3 is 3.19 bits per heavy atom. The van der Waals surface area contributed by atoms with E-state index in [-0.39, 0.29) is 0 Å². The van der Waals surface area contributed by atoms with Gasteiger partial charge in [-0.2, -0.15) is 0 Å². The molecule has 2 rings (SSSR count). The van der Waals surface area contributed by atoms with Crippen LogP contribution in [0.3, 0.4) is 0 Å². The van der Waals surface area contributed by atoms with Crippen LogP contribution >= 0.6 is 0 Å². The summed E-state index contributed by atoms with van der Waals surface area (Å²) >= 11 is 0. The zero-order valence-corrected chi connectivity index (χ0v) is 9.48. The lowest BCUT2D eigenvalue weighted by atomic mass is 10.1. The first-order valence-corrected chi connectivity index (χ1v) is 5.80. The van der Waals surface area contributed by atoms with Gasteiger partial charge in [-0.15, -0.1) is 0 Å². The molecular weight excluding hydrogens is 200 g/mol. The molecule has 1 N–H and O–H groups in total. The molecule has 0 spiro atoms. The Morgan fingerprint density at radius 1 is 1.44 bits per heavy atom. The topological polar surface area (TPSA) is 34.2 Å². The lowest BCUT2D eigenvalue weighted by Crippen LogP contribution is -2.16. The molecule has 1 aliphatic rings. The first-order valence-electron chi connectivity index (χ1n) is 5.80. The van der Waals surface area contributed by atoms with Gasteiger partial charge in [0.05, 0.1) is 13.2 Å². The van der Waals surface area contributed by atoms with Crippen molar-refractivity contribution in [3.05, 3.63) is 41.7 Å². The smallest absolute Gasteiger partial charge is 0.0650 e. The maximum atomic E-state index is 5.27. The highest BCUT2D eigenvalue weighted by Crippen LogP contribution is 2.10. The van der Waals surface area contributed by atoms with Crippen molar-refractivity contribution in [1.82, 2.24) is 10.3 Å². The van der Waals surface area contributed by atoms with Crippen molar-refractivity contribution in [2.75, 3.05) is 19.8 Å². The van der Waals surface area contributed by atoms with Crippen LogP contribution < -0.4 is 5.32 Å². The molecule has 0 amide bonds. The minimum Gasteiger partial charge on any atom is -0.377 e. The molecular formula is C13H18N2O. The van der Waals surface area contributed by atoms with Crippen LogP contribution in [-0.2, 0) is 11.3 Å². The van der Waals surface area contributed by atoms with Gasteiger partial charge in [0, 0.05) is 18.9 Å². The summed E-state index contributed by atoms with van der Waals surface area (Å²) in [6.45, 7) is 3.60.